The third-order valence-corrected chi connectivity index (χ3v) is 3.49. The Morgan fingerprint density at radius 1 is 1.19 bits per heavy atom. The standard InChI is InChI=1S/C13H19Cl2N/c1-3-11(16-4-2)7-5-10-6-8-12(14)13(15)9-10/h6,8-9,11,16H,3-5,7H2,1-2H3. The molecule has 1 aromatic rings. The van der Waals surface area contributed by atoms with Crippen molar-refractivity contribution in [3.63, 3.8) is 0 Å². The molecule has 0 spiro atoms. The molecule has 90 valence electrons. The van der Waals surface area contributed by atoms with Gasteiger partial charge in [-0.15, -0.1) is 0 Å². The lowest BCUT2D eigenvalue weighted by molar-refractivity contribution is 0.481. The summed E-state index contributed by atoms with van der Waals surface area (Å²) in [7, 11) is 0. The largest absolute Gasteiger partial charge is 0.314 e. The van der Waals surface area contributed by atoms with Crippen LogP contribution in [0.25, 0.3) is 0 Å². The first kappa shape index (κ1) is 13.8. The topological polar surface area (TPSA) is 12.0 Å². The number of halogens is 2. The van der Waals surface area contributed by atoms with Gasteiger partial charge in [0.2, 0.25) is 0 Å². The highest BCUT2D eigenvalue weighted by Gasteiger charge is 2.05. The van der Waals surface area contributed by atoms with Gasteiger partial charge in [0.05, 0.1) is 10.0 Å². The van der Waals surface area contributed by atoms with Crippen molar-refractivity contribution in [3.8, 4) is 0 Å². The summed E-state index contributed by atoms with van der Waals surface area (Å²) in [6.45, 7) is 5.38. The molecule has 0 fully saturated rings. The molecule has 16 heavy (non-hydrogen) atoms. The molecule has 3 heteroatoms. The summed E-state index contributed by atoms with van der Waals surface area (Å²) in [4.78, 5) is 0. The van der Waals surface area contributed by atoms with E-state index < -0.39 is 0 Å². The fraction of sp³-hybridized carbons (Fsp3) is 0.538. The molecule has 0 aliphatic carbocycles. The molecule has 1 unspecified atom stereocenters. The van der Waals surface area contributed by atoms with E-state index in [-0.39, 0.29) is 0 Å². The maximum Gasteiger partial charge on any atom is 0.0595 e. The molecule has 1 aromatic carbocycles. The maximum absolute atomic E-state index is 5.98. The van der Waals surface area contributed by atoms with E-state index in [0.29, 0.717) is 16.1 Å². The van der Waals surface area contributed by atoms with Gasteiger partial charge >= 0.3 is 0 Å². The smallest absolute Gasteiger partial charge is 0.0595 e. The van der Waals surface area contributed by atoms with E-state index in [1.54, 1.807) is 0 Å². The molecule has 0 aromatic heterocycles. The quantitative estimate of drug-likeness (QED) is 0.803. The van der Waals surface area contributed by atoms with Gasteiger partial charge in [-0.05, 0) is 43.5 Å². The molecule has 1 N–H and O–H groups in total. The summed E-state index contributed by atoms with van der Waals surface area (Å²) in [6.07, 6.45) is 3.35. The van der Waals surface area contributed by atoms with Crippen LogP contribution in [-0.4, -0.2) is 12.6 Å². The summed E-state index contributed by atoms with van der Waals surface area (Å²) >= 11 is 11.9. The lowest BCUT2D eigenvalue weighted by Gasteiger charge is -2.15. The second kappa shape index (κ2) is 7.16. The fourth-order valence-corrected chi connectivity index (χ4v) is 2.10. The van der Waals surface area contributed by atoms with Crippen LogP contribution in [0.1, 0.15) is 32.3 Å². The number of hydrogen-bond donors (Lipinski definition) is 1. The van der Waals surface area contributed by atoms with Gasteiger partial charge in [-0.25, -0.2) is 0 Å². The van der Waals surface area contributed by atoms with Crippen molar-refractivity contribution >= 4 is 23.2 Å². The Balaban J connectivity index is 2.50. The molecule has 0 saturated heterocycles. The van der Waals surface area contributed by atoms with Crippen LogP contribution in [0.5, 0.6) is 0 Å². The monoisotopic (exact) mass is 259 g/mol. The van der Waals surface area contributed by atoms with Gasteiger partial charge in [-0.2, -0.15) is 0 Å². The highest BCUT2D eigenvalue weighted by molar-refractivity contribution is 6.42. The minimum absolute atomic E-state index is 0.597. The van der Waals surface area contributed by atoms with Gasteiger partial charge in [0.15, 0.2) is 0 Å². The minimum atomic E-state index is 0.597. The summed E-state index contributed by atoms with van der Waals surface area (Å²) in [6, 6.07) is 6.47. The second-order valence-electron chi connectivity index (χ2n) is 3.95. The number of nitrogens with one attached hydrogen (secondary N) is 1. The van der Waals surface area contributed by atoms with Crippen LogP contribution in [0.4, 0.5) is 0 Å². The van der Waals surface area contributed by atoms with E-state index in [2.05, 4.69) is 19.2 Å². The van der Waals surface area contributed by atoms with Gasteiger partial charge in [0.1, 0.15) is 0 Å². The number of benzene rings is 1. The molecule has 0 aliphatic heterocycles. The van der Waals surface area contributed by atoms with E-state index in [9.17, 15) is 0 Å². The van der Waals surface area contributed by atoms with Crippen molar-refractivity contribution in [1.82, 2.24) is 5.32 Å². The van der Waals surface area contributed by atoms with Crippen molar-refractivity contribution in [2.75, 3.05) is 6.54 Å². The Kier molecular flexibility index (Phi) is 6.18. The molecule has 0 radical (unpaired) electrons. The molecular weight excluding hydrogens is 241 g/mol. The van der Waals surface area contributed by atoms with Crippen LogP contribution in [-0.2, 0) is 6.42 Å². The first-order chi connectivity index (χ1) is 7.67. The van der Waals surface area contributed by atoms with Crippen LogP contribution < -0.4 is 5.32 Å². The molecule has 1 nitrogen and oxygen atoms in total. The van der Waals surface area contributed by atoms with Gasteiger partial charge in [0.25, 0.3) is 0 Å². The zero-order valence-corrected chi connectivity index (χ0v) is 11.4. The molecule has 0 bridgehead atoms. The van der Waals surface area contributed by atoms with Gasteiger partial charge < -0.3 is 5.32 Å². The van der Waals surface area contributed by atoms with E-state index in [0.717, 1.165) is 25.8 Å². The highest BCUT2D eigenvalue weighted by Crippen LogP contribution is 2.23. The third kappa shape index (κ3) is 4.32. The summed E-state index contributed by atoms with van der Waals surface area (Å²) < 4.78 is 0. The maximum atomic E-state index is 5.98. The highest BCUT2D eigenvalue weighted by atomic mass is 35.5. The minimum Gasteiger partial charge on any atom is -0.314 e. The van der Waals surface area contributed by atoms with Gasteiger partial charge in [-0.1, -0.05) is 43.1 Å². The Morgan fingerprint density at radius 2 is 1.94 bits per heavy atom. The molecule has 1 rings (SSSR count). The van der Waals surface area contributed by atoms with Crippen LogP contribution in [0, 0.1) is 0 Å². The van der Waals surface area contributed by atoms with Crippen molar-refractivity contribution in [1.29, 1.82) is 0 Å². The summed E-state index contributed by atoms with van der Waals surface area (Å²) in [5.74, 6) is 0. The second-order valence-corrected chi connectivity index (χ2v) is 4.76. The lowest BCUT2D eigenvalue weighted by atomic mass is 10.0. The number of rotatable bonds is 6. The van der Waals surface area contributed by atoms with Crippen molar-refractivity contribution in [2.45, 2.75) is 39.2 Å². The molecule has 0 aliphatic rings. The van der Waals surface area contributed by atoms with Crippen LogP contribution in [0.2, 0.25) is 10.0 Å². The summed E-state index contributed by atoms with van der Waals surface area (Å²) in [5.41, 5.74) is 1.26. The molecule has 1 atom stereocenters. The van der Waals surface area contributed by atoms with Crippen LogP contribution in [0.15, 0.2) is 18.2 Å². The van der Waals surface area contributed by atoms with Crippen LogP contribution >= 0.6 is 23.2 Å². The SMILES string of the molecule is CCNC(CC)CCc1ccc(Cl)c(Cl)c1. The molecule has 0 heterocycles. The van der Waals surface area contributed by atoms with Crippen molar-refractivity contribution in [3.05, 3.63) is 33.8 Å². The molecular formula is C13H19Cl2N. The predicted octanol–water partition coefficient (Wildman–Crippen LogP) is 4.31. The van der Waals surface area contributed by atoms with E-state index >= 15 is 0 Å². The fourth-order valence-electron chi connectivity index (χ4n) is 1.78. The predicted molar refractivity (Wildman–Crippen MR) is 72.5 cm³/mol. The number of aryl methyl sites for hydroxylation is 1. The van der Waals surface area contributed by atoms with E-state index in [4.69, 9.17) is 23.2 Å². The zero-order valence-electron chi connectivity index (χ0n) is 9.89. The number of hydrogen-bond acceptors (Lipinski definition) is 1. The van der Waals surface area contributed by atoms with Crippen molar-refractivity contribution in [2.24, 2.45) is 0 Å². The first-order valence-electron chi connectivity index (χ1n) is 5.84. The lowest BCUT2D eigenvalue weighted by Crippen LogP contribution is -2.28. The average Bonchev–Trinajstić information content (AvgIpc) is 2.28. The Bertz CT molecular complexity index is 326. The van der Waals surface area contributed by atoms with Gasteiger partial charge in [0, 0.05) is 6.04 Å². The van der Waals surface area contributed by atoms with E-state index in [1.165, 1.54) is 5.56 Å². The molecule has 0 saturated carbocycles. The Labute approximate surface area is 108 Å². The Morgan fingerprint density at radius 3 is 2.50 bits per heavy atom. The first-order valence-corrected chi connectivity index (χ1v) is 6.60. The Hall–Kier alpha value is -0.240. The molecule has 0 amide bonds. The van der Waals surface area contributed by atoms with Crippen LogP contribution in [0.3, 0.4) is 0 Å². The normalized spacial score (nSPS) is 12.8. The van der Waals surface area contributed by atoms with Gasteiger partial charge in [-0.3, -0.25) is 0 Å². The third-order valence-electron chi connectivity index (χ3n) is 2.75. The summed E-state index contributed by atoms with van der Waals surface area (Å²) in [5, 5.41) is 4.75. The zero-order chi connectivity index (χ0) is 12.0. The average molecular weight is 260 g/mol. The van der Waals surface area contributed by atoms with Crippen molar-refractivity contribution < 1.29 is 0 Å². The van der Waals surface area contributed by atoms with E-state index in [1.807, 2.05) is 18.2 Å².